The van der Waals surface area contributed by atoms with Crippen LogP contribution >= 0.6 is 34.0 Å². The molecule has 0 aromatic carbocycles. The average molecular weight is 1070 g/mol. The summed E-state index contributed by atoms with van der Waals surface area (Å²) in [6.07, 6.45) is 21.9. The second-order valence-electron chi connectivity index (χ2n) is 20.5. The fourth-order valence-electron chi connectivity index (χ4n) is 9.19. The van der Waals surface area contributed by atoms with E-state index in [0.29, 0.717) is 71.2 Å². The van der Waals surface area contributed by atoms with Gasteiger partial charge in [-0.05, 0) is 68.9 Å². The minimum atomic E-state index is -0.476. The Kier molecular flexibility index (Phi) is 28.3. The van der Waals surface area contributed by atoms with Crippen molar-refractivity contribution in [2.24, 2.45) is 23.0 Å². The molecule has 73 heavy (non-hydrogen) atoms. The number of hydrogen-bond donors (Lipinski definition) is 1. The van der Waals surface area contributed by atoms with E-state index >= 15 is 0 Å². The molecule has 414 valence electrons. The average Bonchev–Trinajstić information content (AvgIpc) is 4.16. The third-order valence-corrected chi connectivity index (χ3v) is 17.6. The molecule has 4 aromatic heterocycles. The quantitative estimate of drug-likeness (QED) is 0.0435. The van der Waals surface area contributed by atoms with Gasteiger partial charge in [-0.1, -0.05) is 146 Å². The van der Waals surface area contributed by atoms with Crippen molar-refractivity contribution in [2.45, 2.75) is 204 Å². The molecule has 0 radical (unpaired) electrons. The van der Waals surface area contributed by atoms with Crippen LogP contribution in [0.4, 0.5) is 0 Å². The van der Waals surface area contributed by atoms with Crippen molar-refractivity contribution in [3.05, 3.63) is 22.4 Å². The van der Waals surface area contributed by atoms with Gasteiger partial charge in [-0.25, -0.2) is 0 Å². The molecule has 0 fully saturated rings. The predicted molar refractivity (Wildman–Crippen MR) is 310 cm³/mol. The van der Waals surface area contributed by atoms with Crippen molar-refractivity contribution in [1.29, 1.82) is 0 Å². The first-order chi connectivity index (χ1) is 35.8. The van der Waals surface area contributed by atoms with Crippen molar-refractivity contribution in [3.8, 4) is 65.4 Å². The Balaban J connectivity index is 1.62. The van der Waals surface area contributed by atoms with Gasteiger partial charge in [0.15, 0.2) is 34.5 Å². The number of fused-ring (bicyclic) bond motifs is 1. The maximum absolute atomic E-state index is 7.09. The van der Waals surface area contributed by atoms with Gasteiger partial charge in [0.05, 0.1) is 80.8 Å². The largest absolute Gasteiger partial charge is 0.488 e. The summed E-state index contributed by atoms with van der Waals surface area (Å²) in [5.74, 6) is 5.80. The number of nitrogens with zero attached hydrogens (tertiary/aromatic N) is 1. The molecule has 5 rings (SSSR count). The molecule has 4 aromatic rings. The smallest absolute Gasteiger partial charge is 0.182 e. The number of ether oxygens (including phenoxy) is 8. The summed E-state index contributed by atoms with van der Waals surface area (Å²) in [4.78, 5) is 5.14. The number of nitrogens with two attached hydrogens (primary N) is 1. The number of hydrogen-bond acceptors (Lipinski definition) is 12. The maximum Gasteiger partial charge on any atom is 0.182 e. The molecule has 1 aliphatic heterocycles. The van der Waals surface area contributed by atoms with Crippen molar-refractivity contribution in [1.82, 2.24) is 4.57 Å². The molecule has 2 atom stereocenters. The standard InChI is InChI=1S/C60H98N2O8S3/c1-10-19-26-27-32-62-47(56-53(66-34-23-14-5)52(50(37-61)72-56)65-33-22-13-4)30-31-48(62)57-54(67-35-24-15-6)55(68-36-25-16-7)59(73-57)58-51-49(40-71-58)69-43-60(44-70-51,41-63-38-45(17-8)28-20-11-2)42-64-39-46(18-9)29-21-12-3/h30-31,40,45-46H,10-29,32-39,41-44,61H2,1-9H3. The van der Waals surface area contributed by atoms with Gasteiger partial charge >= 0.3 is 0 Å². The Bertz CT molecular complexity index is 2080. The molecule has 10 nitrogen and oxygen atoms in total. The van der Waals surface area contributed by atoms with E-state index in [2.05, 4.69) is 84.4 Å². The number of thiophene rings is 3. The molecule has 0 amide bonds. The molecule has 0 bridgehead atoms. The lowest BCUT2D eigenvalue weighted by Crippen LogP contribution is -2.43. The summed E-state index contributed by atoms with van der Waals surface area (Å²) < 4.78 is 57.0. The zero-order valence-electron chi connectivity index (χ0n) is 47.0. The molecular formula is C60H98N2O8S3. The van der Waals surface area contributed by atoms with Crippen molar-refractivity contribution in [3.63, 3.8) is 0 Å². The first-order valence-electron chi connectivity index (χ1n) is 29.1. The highest BCUT2D eigenvalue weighted by Gasteiger charge is 2.39. The van der Waals surface area contributed by atoms with E-state index in [1.807, 2.05) is 0 Å². The van der Waals surface area contributed by atoms with Crippen LogP contribution in [0.25, 0.3) is 30.9 Å². The topological polar surface area (TPSA) is 105 Å². The van der Waals surface area contributed by atoms with E-state index in [0.717, 1.165) is 167 Å². The van der Waals surface area contributed by atoms with E-state index in [1.165, 1.54) is 51.4 Å². The fraction of sp³-hybridized carbons (Fsp3) is 0.733. The van der Waals surface area contributed by atoms with Gasteiger partial charge in [-0.2, -0.15) is 0 Å². The van der Waals surface area contributed by atoms with Gasteiger partial charge in [-0.15, -0.1) is 34.0 Å². The second kappa shape index (κ2) is 34.0. The van der Waals surface area contributed by atoms with Crippen molar-refractivity contribution >= 4 is 34.0 Å². The normalized spacial score (nSPS) is 15.4. The zero-order chi connectivity index (χ0) is 52.3. The van der Waals surface area contributed by atoms with Gasteiger partial charge in [0.1, 0.15) is 13.2 Å². The lowest BCUT2D eigenvalue weighted by molar-refractivity contribution is -0.0715. The number of aromatic nitrogens is 1. The van der Waals surface area contributed by atoms with Crippen LogP contribution in [0, 0.1) is 17.3 Å². The summed E-state index contributed by atoms with van der Waals surface area (Å²) in [5, 5.41) is 2.12. The molecule has 0 saturated carbocycles. The Morgan fingerprint density at radius 1 is 0.548 bits per heavy atom. The predicted octanol–water partition coefficient (Wildman–Crippen LogP) is 17.7. The molecule has 0 spiro atoms. The van der Waals surface area contributed by atoms with Crippen LogP contribution in [-0.2, 0) is 22.6 Å². The Hall–Kier alpha value is -2.94. The minimum absolute atomic E-state index is 0.386. The highest BCUT2D eigenvalue weighted by molar-refractivity contribution is 7.24. The summed E-state index contributed by atoms with van der Waals surface area (Å²) >= 11 is 5.10. The van der Waals surface area contributed by atoms with Crippen LogP contribution in [0.15, 0.2) is 17.5 Å². The Labute approximate surface area is 454 Å². The van der Waals surface area contributed by atoms with E-state index in [9.17, 15) is 0 Å². The van der Waals surface area contributed by atoms with Crippen LogP contribution in [0.2, 0.25) is 0 Å². The Morgan fingerprint density at radius 2 is 1.03 bits per heavy atom. The maximum atomic E-state index is 7.09. The van der Waals surface area contributed by atoms with Crippen LogP contribution in [0.3, 0.4) is 0 Å². The molecular weight excluding hydrogens is 973 g/mol. The van der Waals surface area contributed by atoms with Gasteiger partial charge in [0, 0.05) is 31.7 Å². The monoisotopic (exact) mass is 1070 g/mol. The summed E-state index contributed by atoms with van der Waals surface area (Å²) in [5.41, 5.74) is 8.24. The van der Waals surface area contributed by atoms with Gasteiger partial charge in [0.25, 0.3) is 0 Å². The molecule has 5 heterocycles. The van der Waals surface area contributed by atoms with Gasteiger partial charge in [-0.3, -0.25) is 0 Å². The zero-order valence-corrected chi connectivity index (χ0v) is 49.5. The Morgan fingerprint density at radius 3 is 1.53 bits per heavy atom. The molecule has 2 unspecified atom stereocenters. The van der Waals surface area contributed by atoms with Crippen LogP contribution in [-0.4, -0.2) is 70.6 Å². The number of rotatable bonds is 41. The molecule has 0 saturated heterocycles. The molecule has 13 heteroatoms. The fourth-order valence-corrected chi connectivity index (χ4v) is 12.6. The molecule has 0 aliphatic carbocycles. The SMILES string of the molecule is CCCCCCn1c(-c2sc(CN)c(OCCCC)c2OCCCC)ccc1-c1sc(-c2scc3c2OCC(COCC(CC)CCCC)(COCC(CC)CCCC)CO3)c(OCCCC)c1OCCCC. The van der Waals surface area contributed by atoms with E-state index in [4.69, 9.17) is 43.6 Å². The molecule has 1 aliphatic rings. The second-order valence-corrected chi connectivity index (χ2v) is 23.5. The van der Waals surface area contributed by atoms with Gasteiger partial charge in [0.2, 0.25) is 0 Å². The summed E-state index contributed by atoms with van der Waals surface area (Å²) in [6, 6.07) is 4.55. The van der Waals surface area contributed by atoms with Crippen molar-refractivity contribution < 1.29 is 37.9 Å². The van der Waals surface area contributed by atoms with Crippen LogP contribution in [0.1, 0.15) is 196 Å². The minimum Gasteiger partial charge on any atom is -0.488 e. The third-order valence-electron chi connectivity index (χ3n) is 14.1. The lowest BCUT2D eigenvalue weighted by atomic mass is 9.91. The third kappa shape index (κ3) is 17.5. The first-order valence-corrected chi connectivity index (χ1v) is 31.6. The summed E-state index contributed by atoms with van der Waals surface area (Å²) in [6.45, 7) is 27.2. The highest BCUT2D eigenvalue weighted by Crippen LogP contribution is 2.59. The van der Waals surface area contributed by atoms with Gasteiger partial charge < -0.3 is 48.2 Å². The number of unbranched alkanes of at least 4 members (excludes halogenated alkanes) is 9. The molecule has 2 N–H and O–H groups in total. The van der Waals surface area contributed by atoms with E-state index < -0.39 is 5.41 Å². The van der Waals surface area contributed by atoms with E-state index in [1.54, 1.807) is 34.0 Å². The highest BCUT2D eigenvalue weighted by atomic mass is 32.1. The lowest BCUT2D eigenvalue weighted by Gasteiger charge is -2.32. The van der Waals surface area contributed by atoms with E-state index in [-0.39, 0.29) is 0 Å². The van der Waals surface area contributed by atoms with Crippen LogP contribution < -0.4 is 34.2 Å². The van der Waals surface area contributed by atoms with Crippen LogP contribution in [0.5, 0.6) is 34.5 Å². The summed E-state index contributed by atoms with van der Waals surface area (Å²) in [7, 11) is 0. The van der Waals surface area contributed by atoms with Crippen molar-refractivity contribution in [2.75, 3.05) is 66.1 Å². The first kappa shape index (κ1) is 60.9.